The Morgan fingerprint density at radius 1 is 0.974 bits per heavy atom. The van der Waals surface area contributed by atoms with Crippen molar-refractivity contribution in [2.45, 2.75) is 57.2 Å². The number of hydrogen-bond donors (Lipinski definition) is 1. The second-order valence-electron chi connectivity index (χ2n) is 9.80. The first kappa shape index (κ1) is 28.4. The number of likely N-dealkylation sites (tertiary alicyclic amines) is 2. The van der Waals surface area contributed by atoms with Crippen molar-refractivity contribution in [2.75, 3.05) is 31.6 Å². The first-order valence-corrected chi connectivity index (χ1v) is 13.0. The van der Waals surface area contributed by atoms with E-state index in [0.29, 0.717) is 23.2 Å². The van der Waals surface area contributed by atoms with Gasteiger partial charge in [0.05, 0.1) is 13.0 Å². The summed E-state index contributed by atoms with van der Waals surface area (Å²) in [6, 6.07) is 11.4. The lowest BCUT2D eigenvalue weighted by atomic mass is 10.0. The summed E-state index contributed by atoms with van der Waals surface area (Å²) in [5.74, 6) is -3.85. The van der Waals surface area contributed by atoms with Gasteiger partial charge in [-0.25, -0.2) is 22.8 Å². The van der Waals surface area contributed by atoms with Crippen molar-refractivity contribution in [1.82, 2.24) is 9.80 Å². The van der Waals surface area contributed by atoms with Crippen molar-refractivity contribution in [2.24, 2.45) is 0 Å². The van der Waals surface area contributed by atoms with Crippen LogP contribution in [0.1, 0.15) is 37.3 Å². The number of carbonyl (C=O) groups is 3. The van der Waals surface area contributed by atoms with E-state index in [2.05, 4.69) is 5.32 Å². The molecule has 4 rings (SSSR count). The Hall–Kier alpha value is -3.60. The van der Waals surface area contributed by atoms with E-state index >= 15 is 0 Å². The first-order chi connectivity index (χ1) is 18.6. The molecule has 39 heavy (non-hydrogen) atoms. The topological polar surface area (TPSA) is 88.2 Å². The number of rotatable bonds is 8. The number of piperidine rings is 1. The molecule has 2 fully saturated rings. The average Bonchev–Trinajstić information content (AvgIpc) is 3.35. The number of alkyl halides is 2. The van der Waals surface area contributed by atoms with Crippen LogP contribution in [0.5, 0.6) is 0 Å². The summed E-state index contributed by atoms with van der Waals surface area (Å²) >= 11 is 0. The molecule has 2 aromatic rings. The Morgan fingerprint density at radius 3 is 2.26 bits per heavy atom. The number of nitrogens with one attached hydrogen (secondary N) is 1. The Labute approximate surface area is 225 Å². The van der Waals surface area contributed by atoms with Crippen molar-refractivity contribution in [1.29, 1.82) is 0 Å². The van der Waals surface area contributed by atoms with E-state index < -0.39 is 24.0 Å². The van der Waals surface area contributed by atoms with Gasteiger partial charge in [-0.3, -0.25) is 14.6 Å². The first-order valence-electron chi connectivity index (χ1n) is 13.0. The van der Waals surface area contributed by atoms with Crippen molar-refractivity contribution in [3.8, 4) is 0 Å². The quantitative estimate of drug-likeness (QED) is 0.494. The van der Waals surface area contributed by atoms with Gasteiger partial charge in [-0.2, -0.15) is 0 Å². The molecule has 2 aliphatic rings. The van der Waals surface area contributed by atoms with E-state index in [4.69, 9.17) is 9.47 Å². The molecule has 0 aliphatic carbocycles. The van der Waals surface area contributed by atoms with E-state index in [1.165, 1.54) is 17.0 Å². The molecule has 8 nitrogen and oxygen atoms in total. The maximum Gasteiger partial charge on any atom is 0.410 e. The lowest BCUT2D eigenvalue weighted by Crippen LogP contribution is -2.46. The number of benzene rings is 2. The fourth-order valence-corrected chi connectivity index (χ4v) is 4.86. The summed E-state index contributed by atoms with van der Waals surface area (Å²) < 4.78 is 50.9. The van der Waals surface area contributed by atoms with E-state index in [0.717, 1.165) is 0 Å². The predicted octanol–water partition coefficient (Wildman–Crippen LogP) is 4.38. The van der Waals surface area contributed by atoms with Gasteiger partial charge in [0, 0.05) is 44.2 Å². The molecular weight excluding hydrogens is 515 g/mol. The fraction of sp³-hybridized carbons (Fsp3) is 0.464. The van der Waals surface area contributed by atoms with Gasteiger partial charge in [0.15, 0.2) is 0 Å². The molecule has 2 saturated heterocycles. The number of esters is 1. The zero-order chi connectivity index (χ0) is 28.0. The Bertz CT molecular complexity index is 1150. The lowest BCUT2D eigenvalue weighted by Gasteiger charge is -2.35. The molecule has 0 aromatic heterocycles. The van der Waals surface area contributed by atoms with Crippen LogP contribution < -0.4 is 5.32 Å². The SMILES string of the molecule is CCOC(=O)[C@@H]1C[C@@H](N2CCC(F)(F)CC2)CN1C(=O)OCc1ccc(NC(=O)Cc2ccc(F)cc2)cc1. The Kier molecular flexibility index (Phi) is 9.11. The van der Waals surface area contributed by atoms with Gasteiger partial charge in [-0.15, -0.1) is 0 Å². The third kappa shape index (κ3) is 7.72. The monoisotopic (exact) mass is 547 g/mol. The molecule has 2 atom stereocenters. The molecule has 0 saturated carbocycles. The zero-order valence-electron chi connectivity index (χ0n) is 21.7. The standard InChI is InChI=1S/C28H32F3N3O5/c1-2-38-26(36)24-16-23(33-13-11-28(30,31)12-14-33)17-34(24)27(37)39-18-20-5-9-22(10-6-20)32-25(35)15-19-3-7-21(29)8-4-19/h3-10,23-24H,2,11-18H2,1H3,(H,32,35)/t23-,24+/m1/s1. The summed E-state index contributed by atoms with van der Waals surface area (Å²) in [6.07, 6.45) is -0.792. The van der Waals surface area contributed by atoms with Crippen LogP contribution in [0.2, 0.25) is 0 Å². The van der Waals surface area contributed by atoms with Gasteiger partial charge in [0.1, 0.15) is 18.5 Å². The predicted molar refractivity (Wildman–Crippen MR) is 137 cm³/mol. The van der Waals surface area contributed by atoms with E-state index in [1.807, 2.05) is 4.90 Å². The van der Waals surface area contributed by atoms with Crippen molar-refractivity contribution in [3.05, 3.63) is 65.5 Å². The minimum Gasteiger partial charge on any atom is -0.464 e. The van der Waals surface area contributed by atoms with E-state index in [9.17, 15) is 27.6 Å². The van der Waals surface area contributed by atoms with Gasteiger partial charge in [-0.1, -0.05) is 24.3 Å². The zero-order valence-corrected chi connectivity index (χ0v) is 21.7. The van der Waals surface area contributed by atoms with Crippen molar-refractivity contribution in [3.63, 3.8) is 0 Å². The molecule has 2 aromatic carbocycles. The number of nitrogens with zero attached hydrogens (tertiary/aromatic N) is 2. The maximum atomic E-state index is 13.6. The summed E-state index contributed by atoms with van der Waals surface area (Å²) in [5.41, 5.74) is 1.90. The highest BCUT2D eigenvalue weighted by atomic mass is 19.3. The van der Waals surface area contributed by atoms with Crippen LogP contribution in [0.4, 0.5) is 23.7 Å². The molecule has 0 unspecified atom stereocenters. The number of amides is 2. The van der Waals surface area contributed by atoms with Crippen LogP contribution >= 0.6 is 0 Å². The summed E-state index contributed by atoms with van der Waals surface area (Å²) in [6.45, 7) is 2.36. The van der Waals surface area contributed by atoms with Crippen LogP contribution in [-0.2, 0) is 32.1 Å². The molecule has 0 spiro atoms. The summed E-state index contributed by atoms with van der Waals surface area (Å²) in [5, 5.41) is 2.76. The molecule has 1 N–H and O–H groups in total. The van der Waals surface area contributed by atoms with Crippen LogP contribution in [0.15, 0.2) is 48.5 Å². The van der Waals surface area contributed by atoms with Crippen LogP contribution in [-0.4, -0.2) is 72.0 Å². The number of ether oxygens (including phenoxy) is 2. The minimum atomic E-state index is -2.69. The minimum absolute atomic E-state index is 0.0602. The molecule has 11 heteroatoms. The number of halogens is 3. The van der Waals surface area contributed by atoms with Crippen molar-refractivity contribution >= 4 is 23.7 Å². The highest BCUT2D eigenvalue weighted by Gasteiger charge is 2.45. The van der Waals surface area contributed by atoms with Crippen molar-refractivity contribution < 1.29 is 37.0 Å². The second kappa shape index (κ2) is 12.5. The molecule has 0 bridgehead atoms. The number of carbonyl (C=O) groups excluding carboxylic acids is 3. The molecule has 2 aliphatic heterocycles. The van der Waals surface area contributed by atoms with E-state index in [1.54, 1.807) is 43.3 Å². The highest BCUT2D eigenvalue weighted by Crippen LogP contribution is 2.32. The highest BCUT2D eigenvalue weighted by molar-refractivity contribution is 5.92. The smallest absolute Gasteiger partial charge is 0.410 e. The third-order valence-electron chi connectivity index (χ3n) is 7.00. The largest absolute Gasteiger partial charge is 0.464 e. The van der Waals surface area contributed by atoms with Crippen LogP contribution in [0.3, 0.4) is 0 Å². The third-order valence-corrected chi connectivity index (χ3v) is 7.00. The normalized spacial score (nSPS) is 20.9. The summed E-state index contributed by atoms with van der Waals surface area (Å²) in [7, 11) is 0. The number of anilines is 1. The van der Waals surface area contributed by atoms with Gasteiger partial charge < -0.3 is 14.8 Å². The maximum absolute atomic E-state index is 13.6. The lowest BCUT2D eigenvalue weighted by molar-refractivity contribution is -0.148. The molecule has 2 amide bonds. The van der Waals surface area contributed by atoms with Crippen LogP contribution in [0.25, 0.3) is 0 Å². The van der Waals surface area contributed by atoms with E-state index in [-0.39, 0.29) is 69.9 Å². The van der Waals surface area contributed by atoms with Gasteiger partial charge in [0.25, 0.3) is 5.92 Å². The molecule has 2 heterocycles. The van der Waals surface area contributed by atoms with Crippen LogP contribution in [0, 0.1) is 5.82 Å². The Balaban J connectivity index is 1.30. The van der Waals surface area contributed by atoms with Gasteiger partial charge in [-0.05, 0) is 48.7 Å². The molecule has 0 radical (unpaired) electrons. The Morgan fingerprint density at radius 2 is 1.62 bits per heavy atom. The second-order valence-corrected chi connectivity index (χ2v) is 9.80. The average molecular weight is 548 g/mol. The molecule has 210 valence electrons. The number of hydrogen-bond acceptors (Lipinski definition) is 6. The van der Waals surface area contributed by atoms with Gasteiger partial charge >= 0.3 is 12.1 Å². The summed E-state index contributed by atoms with van der Waals surface area (Å²) in [4.78, 5) is 41.0. The van der Waals surface area contributed by atoms with Gasteiger partial charge in [0.2, 0.25) is 5.91 Å². The molecular formula is C28H32F3N3O5. The fourth-order valence-electron chi connectivity index (χ4n) is 4.86.